The molecule has 1 aromatic heterocycles. The molecule has 1 aromatic rings. The maximum absolute atomic E-state index is 10.8. The maximum Gasteiger partial charge on any atom is 0.256 e. The van der Waals surface area contributed by atoms with Gasteiger partial charge in [-0.1, -0.05) is 0 Å². The Morgan fingerprint density at radius 1 is 1.75 bits per heavy atom. The number of hydrogen-bond donors (Lipinski definition) is 1. The number of rotatable bonds is 2. The maximum atomic E-state index is 10.8. The first-order chi connectivity index (χ1) is 5.65. The summed E-state index contributed by atoms with van der Waals surface area (Å²) in [7, 11) is 1.68. The fourth-order valence-electron chi connectivity index (χ4n) is 0.788. The molecule has 0 aliphatic rings. The van der Waals surface area contributed by atoms with Crippen LogP contribution in [0.4, 0.5) is 5.82 Å². The van der Waals surface area contributed by atoms with Crippen LogP contribution >= 0.6 is 27.5 Å². The van der Waals surface area contributed by atoms with Crippen molar-refractivity contribution in [2.24, 2.45) is 0 Å². The van der Waals surface area contributed by atoms with Crippen molar-refractivity contribution in [1.29, 1.82) is 0 Å². The summed E-state index contributed by atoms with van der Waals surface area (Å²) >= 11 is 8.51. The van der Waals surface area contributed by atoms with Crippen molar-refractivity contribution in [3.05, 3.63) is 22.3 Å². The normalized spacial score (nSPS) is 9.58. The highest BCUT2D eigenvalue weighted by atomic mass is 79.9. The van der Waals surface area contributed by atoms with E-state index in [1.807, 2.05) is 0 Å². The van der Waals surface area contributed by atoms with Gasteiger partial charge in [0.2, 0.25) is 0 Å². The predicted molar refractivity (Wildman–Crippen MR) is 51.7 cm³/mol. The van der Waals surface area contributed by atoms with Gasteiger partial charge in [-0.3, -0.25) is 4.79 Å². The number of nitrogens with zero attached hydrogens (tertiary/aromatic N) is 1. The molecule has 5 heteroatoms. The third-order valence-electron chi connectivity index (χ3n) is 1.30. The van der Waals surface area contributed by atoms with E-state index in [0.717, 1.165) is 4.47 Å². The van der Waals surface area contributed by atoms with Crippen LogP contribution in [0.1, 0.15) is 10.4 Å². The molecule has 1 rings (SSSR count). The van der Waals surface area contributed by atoms with Crippen LogP contribution in [0.3, 0.4) is 0 Å². The first kappa shape index (κ1) is 9.48. The second-order valence-corrected chi connectivity index (χ2v) is 3.33. The zero-order chi connectivity index (χ0) is 9.14. The van der Waals surface area contributed by atoms with E-state index >= 15 is 0 Å². The monoisotopic (exact) mass is 248 g/mol. The largest absolute Gasteiger partial charge is 0.373 e. The molecule has 0 fully saturated rings. The van der Waals surface area contributed by atoms with Crippen molar-refractivity contribution in [2.45, 2.75) is 0 Å². The molecule has 12 heavy (non-hydrogen) atoms. The van der Waals surface area contributed by atoms with Gasteiger partial charge in [-0.05, 0) is 33.6 Å². The van der Waals surface area contributed by atoms with Crippen molar-refractivity contribution in [3.8, 4) is 0 Å². The number of carbonyl (C=O) groups excluding carboxylic acids is 1. The molecule has 3 nitrogen and oxygen atoms in total. The van der Waals surface area contributed by atoms with Crippen molar-refractivity contribution in [1.82, 2.24) is 4.98 Å². The van der Waals surface area contributed by atoms with Crippen molar-refractivity contribution in [3.63, 3.8) is 0 Å². The molecule has 0 aliphatic carbocycles. The van der Waals surface area contributed by atoms with Crippen LogP contribution in [-0.2, 0) is 0 Å². The first-order valence-corrected chi connectivity index (χ1v) is 4.35. The van der Waals surface area contributed by atoms with Gasteiger partial charge in [0.1, 0.15) is 5.82 Å². The highest BCUT2D eigenvalue weighted by Gasteiger charge is 2.09. The number of halogens is 2. The standard InChI is InChI=1S/C7H6BrClN2O/c1-10-7-5(6(9)12)2-4(8)3-11-7/h2-3H,1H3,(H,10,11). The van der Waals surface area contributed by atoms with Crippen LogP contribution in [-0.4, -0.2) is 17.3 Å². The third-order valence-corrected chi connectivity index (χ3v) is 1.94. The second kappa shape index (κ2) is 3.87. The number of hydrogen-bond acceptors (Lipinski definition) is 3. The minimum Gasteiger partial charge on any atom is -0.373 e. The van der Waals surface area contributed by atoms with Crippen LogP contribution < -0.4 is 5.32 Å². The highest BCUT2D eigenvalue weighted by molar-refractivity contribution is 9.10. The SMILES string of the molecule is CNc1ncc(Br)cc1C(=O)Cl. The summed E-state index contributed by atoms with van der Waals surface area (Å²) in [4.78, 5) is 14.8. The summed E-state index contributed by atoms with van der Waals surface area (Å²) in [5, 5.41) is 2.25. The first-order valence-electron chi connectivity index (χ1n) is 3.18. The van der Waals surface area contributed by atoms with E-state index in [1.54, 1.807) is 19.3 Å². The van der Waals surface area contributed by atoms with Crippen molar-refractivity contribution >= 4 is 38.6 Å². The molecule has 64 valence electrons. The predicted octanol–water partition coefficient (Wildman–Crippen LogP) is 2.26. The topological polar surface area (TPSA) is 42.0 Å². The van der Waals surface area contributed by atoms with Gasteiger partial charge in [0.15, 0.2) is 0 Å². The van der Waals surface area contributed by atoms with Gasteiger partial charge in [-0.25, -0.2) is 4.98 Å². The summed E-state index contributed by atoms with van der Waals surface area (Å²) in [6.07, 6.45) is 1.59. The van der Waals surface area contributed by atoms with E-state index in [4.69, 9.17) is 11.6 Å². The Balaban J connectivity index is 3.21. The van der Waals surface area contributed by atoms with Crippen LogP contribution in [0, 0.1) is 0 Å². The lowest BCUT2D eigenvalue weighted by atomic mass is 10.3. The third kappa shape index (κ3) is 1.95. The van der Waals surface area contributed by atoms with Gasteiger partial charge < -0.3 is 5.32 Å². The van der Waals surface area contributed by atoms with Crippen LogP contribution in [0.2, 0.25) is 0 Å². The lowest BCUT2D eigenvalue weighted by molar-refractivity contribution is 0.108. The summed E-state index contributed by atoms with van der Waals surface area (Å²) < 4.78 is 0.727. The molecule has 0 bridgehead atoms. The smallest absolute Gasteiger partial charge is 0.256 e. The lowest BCUT2D eigenvalue weighted by Crippen LogP contribution is -2.00. The fraction of sp³-hybridized carbons (Fsp3) is 0.143. The van der Waals surface area contributed by atoms with E-state index in [0.29, 0.717) is 11.4 Å². The Bertz CT molecular complexity index is 316. The number of pyridine rings is 1. The van der Waals surface area contributed by atoms with Crippen LogP contribution in [0.15, 0.2) is 16.7 Å². The molecule has 0 atom stereocenters. The van der Waals surface area contributed by atoms with Gasteiger partial charge in [0.25, 0.3) is 5.24 Å². The molecule has 0 spiro atoms. The Labute approximate surface area is 83.3 Å². The van der Waals surface area contributed by atoms with Crippen molar-refractivity contribution in [2.75, 3.05) is 12.4 Å². The Morgan fingerprint density at radius 3 is 2.92 bits per heavy atom. The molecular weight excluding hydrogens is 243 g/mol. The Morgan fingerprint density at radius 2 is 2.42 bits per heavy atom. The number of aromatic nitrogens is 1. The lowest BCUT2D eigenvalue weighted by Gasteiger charge is -2.03. The Hall–Kier alpha value is -0.610. The molecule has 0 radical (unpaired) electrons. The highest BCUT2D eigenvalue weighted by Crippen LogP contribution is 2.18. The zero-order valence-corrected chi connectivity index (χ0v) is 8.61. The average Bonchev–Trinajstić information content (AvgIpc) is 2.04. The fourth-order valence-corrected chi connectivity index (χ4v) is 1.26. The van der Waals surface area contributed by atoms with E-state index in [2.05, 4.69) is 26.2 Å². The van der Waals surface area contributed by atoms with Crippen LogP contribution in [0.5, 0.6) is 0 Å². The molecule has 0 amide bonds. The van der Waals surface area contributed by atoms with Gasteiger partial charge >= 0.3 is 0 Å². The summed E-state index contributed by atoms with van der Waals surface area (Å²) in [6.45, 7) is 0. The summed E-state index contributed by atoms with van der Waals surface area (Å²) in [5.74, 6) is 0.484. The second-order valence-electron chi connectivity index (χ2n) is 2.07. The minimum absolute atomic E-state index is 0.369. The van der Waals surface area contributed by atoms with E-state index < -0.39 is 5.24 Å². The average molecular weight is 249 g/mol. The molecule has 1 heterocycles. The van der Waals surface area contributed by atoms with E-state index in [1.165, 1.54) is 0 Å². The van der Waals surface area contributed by atoms with Gasteiger partial charge in [-0.2, -0.15) is 0 Å². The molecule has 1 N–H and O–H groups in total. The summed E-state index contributed by atoms with van der Waals surface area (Å²) in [5.41, 5.74) is 0.369. The zero-order valence-electron chi connectivity index (χ0n) is 6.27. The number of nitrogens with one attached hydrogen (secondary N) is 1. The number of carbonyl (C=O) groups is 1. The van der Waals surface area contributed by atoms with Gasteiger partial charge in [-0.15, -0.1) is 0 Å². The molecule has 0 aliphatic heterocycles. The Kier molecular flexibility index (Phi) is 3.05. The molecule has 0 unspecified atom stereocenters. The van der Waals surface area contributed by atoms with Crippen LogP contribution in [0.25, 0.3) is 0 Å². The van der Waals surface area contributed by atoms with Crippen molar-refractivity contribution < 1.29 is 4.79 Å². The molecule has 0 saturated carbocycles. The molecule has 0 aromatic carbocycles. The van der Waals surface area contributed by atoms with Gasteiger partial charge in [0.05, 0.1) is 5.56 Å². The molecule has 0 saturated heterocycles. The van der Waals surface area contributed by atoms with E-state index in [9.17, 15) is 4.79 Å². The van der Waals surface area contributed by atoms with E-state index in [-0.39, 0.29) is 0 Å². The summed E-state index contributed by atoms with van der Waals surface area (Å²) in [6, 6.07) is 1.62. The quantitative estimate of drug-likeness (QED) is 0.818. The molecular formula is C7H6BrClN2O. The minimum atomic E-state index is -0.520. The number of anilines is 1. The van der Waals surface area contributed by atoms with Gasteiger partial charge in [0, 0.05) is 17.7 Å².